The topological polar surface area (TPSA) is 84.9 Å². The van der Waals surface area contributed by atoms with E-state index in [4.69, 9.17) is 9.47 Å². The number of hydrogen-bond donors (Lipinski definition) is 2. The molecule has 0 fully saturated rings. The quantitative estimate of drug-likeness (QED) is 0.610. The maximum absolute atomic E-state index is 12.3. The van der Waals surface area contributed by atoms with E-state index >= 15 is 0 Å². The predicted octanol–water partition coefficient (Wildman–Crippen LogP) is 2.53. The van der Waals surface area contributed by atoms with Crippen molar-refractivity contribution >= 4 is 12.1 Å². The second-order valence-corrected chi connectivity index (χ2v) is 6.36. The van der Waals surface area contributed by atoms with Gasteiger partial charge >= 0.3 is 12.1 Å². The Bertz CT molecular complexity index is 652. The van der Waals surface area contributed by atoms with E-state index in [2.05, 4.69) is 17.2 Å². The molecule has 2 N–H and O–H groups in total. The summed E-state index contributed by atoms with van der Waals surface area (Å²) in [6.45, 7) is 6.70. The third kappa shape index (κ3) is 7.73. The molecular weight excluding hydrogens is 322 g/mol. The highest BCUT2D eigenvalue weighted by atomic mass is 16.6. The van der Waals surface area contributed by atoms with E-state index in [0.29, 0.717) is 11.1 Å². The van der Waals surface area contributed by atoms with E-state index in [1.54, 1.807) is 52.0 Å². The van der Waals surface area contributed by atoms with E-state index in [0.717, 1.165) is 0 Å². The van der Waals surface area contributed by atoms with Crippen LogP contribution in [0.4, 0.5) is 4.79 Å². The Kier molecular flexibility index (Phi) is 7.96. The summed E-state index contributed by atoms with van der Waals surface area (Å²) in [6, 6.07) is 6.17. The smallest absolute Gasteiger partial charge is 0.408 e. The second-order valence-electron chi connectivity index (χ2n) is 6.36. The Morgan fingerprint density at radius 3 is 2.44 bits per heavy atom. The van der Waals surface area contributed by atoms with Gasteiger partial charge in [-0.1, -0.05) is 24.3 Å². The number of ether oxygens (including phenoxy) is 2. The van der Waals surface area contributed by atoms with Gasteiger partial charge < -0.3 is 19.9 Å². The van der Waals surface area contributed by atoms with E-state index in [9.17, 15) is 14.7 Å². The van der Waals surface area contributed by atoms with Gasteiger partial charge in [-0.05, 0) is 38.8 Å². The minimum Gasteiger partial charge on any atom is -0.459 e. The number of aliphatic hydroxyl groups is 1. The van der Waals surface area contributed by atoms with Crippen LogP contribution in [0.15, 0.2) is 24.3 Å². The molecular formula is C19H25NO5. The molecule has 1 aromatic carbocycles. The number of benzene rings is 1. The molecule has 25 heavy (non-hydrogen) atoms. The van der Waals surface area contributed by atoms with Crippen LogP contribution in [0.25, 0.3) is 0 Å². The fraction of sp³-hybridized carbons (Fsp3) is 0.474. The first-order valence-electron chi connectivity index (χ1n) is 8.00. The lowest BCUT2D eigenvalue weighted by molar-refractivity contribution is -0.147. The Labute approximate surface area is 148 Å². The molecule has 0 spiro atoms. The van der Waals surface area contributed by atoms with Crippen LogP contribution in [0.5, 0.6) is 0 Å². The lowest BCUT2D eigenvalue weighted by atomic mass is 10.1. The third-order valence-electron chi connectivity index (χ3n) is 3.12. The van der Waals surface area contributed by atoms with Gasteiger partial charge in [-0.25, -0.2) is 9.59 Å². The molecule has 6 nitrogen and oxygen atoms in total. The van der Waals surface area contributed by atoms with Crippen molar-refractivity contribution in [3.05, 3.63) is 35.4 Å². The van der Waals surface area contributed by atoms with Gasteiger partial charge in [-0.15, -0.1) is 11.8 Å². The highest BCUT2D eigenvalue weighted by molar-refractivity contribution is 5.81. The molecule has 6 heteroatoms. The van der Waals surface area contributed by atoms with Crippen LogP contribution in [0.1, 0.15) is 45.2 Å². The van der Waals surface area contributed by atoms with Gasteiger partial charge in [-0.3, -0.25) is 0 Å². The second kappa shape index (κ2) is 9.70. The van der Waals surface area contributed by atoms with Gasteiger partial charge in [0.25, 0.3) is 0 Å². The first kappa shape index (κ1) is 20.5. The molecule has 0 aromatic heterocycles. The van der Waals surface area contributed by atoms with Crippen molar-refractivity contribution in [2.75, 3.05) is 0 Å². The molecule has 0 radical (unpaired) electrons. The highest BCUT2D eigenvalue weighted by Crippen LogP contribution is 2.11. The average Bonchev–Trinajstić information content (AvgIpc) is 2.54. The molecule has 1 amide bonds. The van der Waals surface area contributed by atoms with Gasteiger partial charge in [0.2, 0.25) is 0 Å². The lowest BCUT2D eigenvalue weighted by Crippen LogP contribution is -2.44. The Morgan fingerprint density at radius 1 is 1.24 bits per heavy atom. The summed E-state index contributed by atoms with van der Waals surface area (Å²) in [5.74, 6) is 4.83. The molecule has 1 rings (SSSR count). The minimum absolute atomic E-state index is 0.00161. The predicted molar refractivity (Wildman–Crippen MR) is 93.4 cm³/mol. The first-order valence-corrected chi connectivity index (χ1v) is 8.00. The van der Waals surface area contributed by atoms with Crippen LogP contribution in [0.3, 0.4) is 0 Å². The summed E-state index contributed by atoms with van der Waals surface area (Å²) >= 11 is 0. The van der Waals surface area contributed by atoms with E-state index < -0.39 is 23.7 Å². The summed E-state index contributed by atoms with van der Waals surface area (Å²) in [7, 11) is 0. The number of alkyl carbamates (subject to hydrolysis) is 1. The molecule has 0 saturated heterocycles. The van der Waals surface area contributed by atoms with Crippen molar-refractivity contribution < 1.29 is 24.2 Å². The Hall–Kier alpha value is -2.52. The molecule has 0 bridgehead atoms. The lowest BCUT2D eigenvalue weighted by Gasteiger charge is -2.22. The Morgan fingerprint density at radius 2 is 1.88 bits per heavy atom. The molecule has 0 aliphatic heterocycles. The number of carbonyl (C=O) groups is 2. The zero-order valence-corrected chi connectivity index (χ0v) is 15.1. The van der Waals surface area contributed by atoms with E-state index in [1.165, 1.54) is 0 Å². The van der Waals surface area contributed by atoms with Crippen LogP contribution in [-0.4, -0.2) is 28.8 Å². The number of rotatable bonds is 6. The maximum Gasteiger partial charge on any atom is 0.408 e. The first-order chi connectivity index (χ1) is 11.8. The van der Waals surface area contributed by atoms with Crippen LogP contribution >= 0.6 is 0 Å². The highest BCUT2D eigenvalue weighted by Gasteiger charge is 2.25. The van der Waals surface area contributed by atoms with Crippen molar-refractivity contribution in [3.8, 4) is 11.8 Å². The third-order valence-corrected chi connectivity index (χ3v) is 3.12. The molecule has 0 unspecified atom stereocenters. The largest absolute Gasteiger partial charge is 0.459 e. The molecule has 0 heterocycles. The summed E-state index contributed by atoms with van der Waals surface area (Å²) in [5, 5.41) is 11.8. The van der Waals surface area contributed by atoms with Crippen LogP contribution < -0.4 is 5.32 Å². The fourth-order valence-electron chi connectivity index (χ4n) is 1.95. The van der Waals surface area contributed by atoms with Crippen molar-refractivity contribution in [2.45, 2.75) is 59.0 Å². The zero-order valence-electron chi connectivity index (χ0n) is 15.1. The van der Waals surface area contributed by atoms with Gasteiger partial charge in [0.1, 0.15) is 18.2 Å². The number of nitrogens with one attached hydrogen (secondary N) is 1. The summed E-state index contributed by atoms with van der Waals surface area (Å²) in [6.07, 6.45) is -0.584. The normalized spacial score (nSPS) is 11.7. The summed E-state index contributed by atoms with van der Waals surface area (Å²) in [4.78, 5) is 24.2. The van der Waals surface area contributed by atoms with Gasteiger partial charge in [0, 0.05) is 6.42 Å². The SMILES string of the molecule is CC#CC[C@@H](NC(=O)OC(C)(C)C)C(=O)OCc1ccccc1CO. The fourth-order valence-corrected chi connectivity index (χ4v) is 1.95. The number of esters is 1. The number of amides is 1. The average molecular weight is 347 g/mol. The molecule has 1 aromatic rings. The van der Waals surface area contributed by atoms with E-state index in [1.807, 2.05) is 0 Å². The molecule has 1 atom stereocenters. The van der Waals surface area contributed by atoms with Crippen molar-refractivity contribution in [1.82, 2.24) is 5.32 Å². The Balaban J connectivity index is 2.72. The minimum atomic E-state index is -0.927. The van der Waals surface area contributed by atoms with Crippen LogP contribution in [0, 0.1) is 11.8 Å². The summed E-state index contributed by atoms with van der Waals surface area (Å²) < 4.78 is 10.4. The number of hydrogen-bond acceptors (Lipinski definition) is 5. The van der Waals surface area contributed by atoms with Crippen molar-refractivity contribution in [1.29, 1.82) is 0 Å². The molecule has 0 saturated carbocycles. The van der Waals surface area contributed by atoms with E-state index in [-0.39, 0.29) is 19.6 Å². The van der Waals surface area contributed by atoms with Gasteiger partial charge in [-0.2, -0.15) is 0 Å². The van der Waals surface area contributed by atoms with Crippen LogP contribution in [-0.2, 0) is 27.5 Å². The monoisotopic (exact) mass is 347 g/mol. The van der Waals surface area contributed by atoms with Gasteiger partial charge in [0.05, 0.1) is 6.61 Å². The van der Waals surface area contributed by atoms with Crippen molar-refractivity contribution in [3.63, 3.8) is 0 Å². The maximum atomic E-state index is 12.3. The van der Waals surface area contributed by atoms with Crippen LogP contribution in [0.2, 0.25) is 0 Å². The zero-order chi connectivity index (χ0) is 18.9. The van der Waals surface area contributed by atoms with Gasteiger partial charge in [0.15, 0.2) is 0 Å². The molecule has 136 valence electrons. The standard InChI is InChI=1S/C19H25NO5/c1-5-6-11-16(20-18(23)25-19(2,3)4)17(22)24-13-15-10-8-7-9-14(15)12-21/h7-10,16,21H,11-13H2,1-4H3,(H,20,23)/t16-/m1/s1. The number of carbonyl (C=O) groups excluding carboxylic acids is 2. The molecule has 0 aliphatic carbocycles. The molecule has 0 aliphatic rings. The summed E-state index contributed by atoms with van der Waals surface area (Å²) in [5.41, 5.74) is 0.714. The van der Waals surface area contributed by atoms with Crippen molar-refractivity contribution in [2.24, 2.45) is 0 Å². The number of aliphatic hydroxyl groups excluding tert-OH is 1.